The van der Waals surface area contributed by atoms with Crippen LogP contribution in [0, 0.1) is 0 Å². The van der Waals surface area contributed by atoms with Crippen LogP contribution in [-0.2, 0) is 16.6 Å². The van der Waals surface area contributed by atoms with Gasteiger partial charge in [0.05, 0.1) is 23.2 Å². The summed E-state index contributed by atoms with van der Waals surface area (Å²) in [5.74, 6) is 0.895. The fourth-order valence-corrected chi connectivity index (χ4v) is 4.09. The number of phenols is 1. The van der Waals surface area contributed by atoms with Crippen LogP contribution in [0.1, 0.15) is 18.8 Å². The van der Waals surface area contributed by atoms with E-state index in [0.717, 1.165) is 0 Å². The Labute approximate surface area is 183 Å². The molecular formula is C21H21N5O4S. The molecule has 3 aromatic rings. The molecule has 2 N–H and O–H groups in total. The van der Waals surface area contributed by atoms with Crippen molar-refractivity contribution in [2.45, 2.75) is 18.1 Å². The molecule has 9 nitrogen and oxygen atoms in total. The van der Waals surface area contributed by atoms with E-state index in [1.807, 2.05) is 31.2 Å². The fourth-order valence-electron chi connectivity index (χ4n) is 3.37. The first-order valence-electron chi connectivity index (χ1n) is 9.59. The number of phenolic OH excluding ortho intramolecular Hbond substituents is 1. The first kappa shape index (κ1) is 20.7. The Hall–Kier alpha value is -3.53. The molecule has 0 aliphatic carbocycles. The number of benzene rings is 2. The molecule has 1 aliphatic heterocycles. The SMILES string of the molecule is CC(c1nnc(SCC(=O)Nc2ccccc2O)n1C)N1C(=O)COc2ccccc21. The lowest BCUT2D eigenvalue weighted by Crippen LogP contribution is -2.41. The summed E-state index contributed by atoms with van der Waals surface area (Å²) >= 11 is 1.22. The minimum Gasteiger partial charge on any atom is -0.506 e. The van der Waals surface area contributed by atoms with Gasteiger partial charge in [0.25, 0.3) is 5.91 Å². The standard InChI is InChI=1S/C21H21N5O4S/c1-13(26-15-8-4-6-10-17(15)30-11-19(26)29)20-23-24-21(25(20)2)31-12-18(28)22-14-7-3-5-9-16(14)27/h3-10,13,27H,11-12H2,1-2H3,(H,22,28). The van der Waals surface area contributed by atoms with E-state index in [4.69, 9.17) is 4.74 Å². The lowest BCUT2D eigenvalue weighted by molar-refractivity contribution is -0.121. The van der Waals surface area contributed by atoms with Gasteiger partial charge in [-0.15, -0.1) is 10.2 Å². The second-order valence-electron chi connectivity index (χ2n) is 6.95. The third-order valence-corrected chi connectivity index (χ3v) is 5.90. The molecule has 0 saturated carbocycles. The summed E-state index contributed by atoms with van der Waals surface area (Å²) in [6.07, 6.45) is 0. The minimum atomic E-state index is -0.375. The van der Waals surface area contributed by atoms with Gasteiger partial charge in [-0.05, 0) is 31.2 Å². The fraction of sp³-hybridized carbons (Fsp3) is 0.238. The van der Waals surface area contributed by atoms with Gasteiger partial charge in [0.1, 0.15) is 11.5 Å². The number of carbonyl (C=O) groups is 2. The molecule has 1 unspecified atom stereocenters. The van der Waals surface area contributed by atoms with E-state index in [0.29, 0.717) is 28.1 Å². The first-order chi connectivity index (χ1) is 15.0. The summed E-state index contributed by atoms with van der Waals surface area (Å²) < 4.78 is 7.28. The third kappa shape index (κ3) is 4.19. The number of rotatable bonds is 6. The van der Waals surface area contributed by atoms with E-state index in [-0.39, 0.29) is 36.0 Å². The van der Waals surface area contributed by atoms with Crippen molar-refractivity contribution in [2.24, 2.45) is 7.05 Å². The molecule has 160 valence electrons. The number of ether oxygens (including phenoxy) is 1. The van der Waals surface area contributed by atoms with E-state index in [9.17, 15) is 14.7 Å². The van der Waals surface area contributed by atoms with Crippen molar-refractivity contribution in [1.82, 2.24) is 14.8 Å². The number of carbonyl (C=O) groups excluding carboxylic acids is 2. The Morgan fingerprint density at radius 1 is 1.23 bits per heavy atom. The maximum atomic E-state index is 12.6. The topological polar surface area (TPSA) is 110 Å². The van der Waals surface area contributed by atoms with Crippen LogP contribution in [0.3, 0.4) is 0 Å². The number of amides is 2. The average molecular weight is 439 g/mol. The van der Waals surface area contributed by atoms with E-state index in [2.05, 4.69) is 15.5 Å². The van der Waals surface area contributed by atoms with Crippen molar-refractivity contribution in [3.63, 3.8) is 0 Å². The number of aromatic hydroxyl groups is 1. The third-order valence-electron chi connectivity index (χ3n) is 4.88. The highest BCUT2D eigenvalue weighted by Crippen LogP contribution is 2.37. The molecule has 2 heterocycles. The number of fused-ring (bicyclic) bond motifs is 1. The van der Waals surface area contributed by atoms with Gasteiger partial charge in [-0.1, -0.05) is 36.0 Å². The van der Waals surface area contributed by atoms with Gasteiger partial charge in [0.15, 0.2) is 17.6 Å². The number of nitrogens with one attached hydrogen (secondary N) is 1. The number of anilines is 2. The highest BCUT2D eigenvalue weighted by molar-refractivity contribution is 7.99. The molecule has 1 aliphatic rings. The second-order valence-corrected chi connectivity index (χ2v) is 7.89. The van der Waals surface area contributed by atoms with Crippen LogP contribution in [0.4, 0.5) is 11.4 Å². The summed E-state index contributed by atoms with van der Waals surface area (Å²) in [6, 6.07) is 13.5. The highest BCUT2D eigenvalue weighted by Gasteiger charge is 2.32. The molecule has 0 saturated heterocycles. The van der Waals surface area contributed by atoms with Gasteiger partial charge in [-0.3, -0.25) is 14.5 Å². The van der Waals surface area contributed by atoms with Crippen molar-refractivity contribution in [3.05, 3.63) is 54.4 Å². The van der Waals surface area contributed by atoms with Gasteiger partial charge in [0.2, 0.25) is 5.91 Å². The van der Waals surface area contributed by atoms with Crippen LogP contribution >= 0.6 is 11.8 Å². The maximum absolute atomic E-state index is 12.6. The predicted octanol–water partition coefficient (Wildman–Crippen LogP) is 2.74. The Morgan fingerprint density at radius 2 is 1.97 bits per heavy atom. The van der Waals surface area contributed by atoms with Gasteiger partial charge in [-0.2, -0.15) is 0 Å². The molecule has 2 amide bonds. The first-order valence-corrected chi connectivity index (χ1v) is 10.6. The van der Waals surface area contributed by atoms with E-state index < -0.39 is 0 Å². The zero-order valence-corrected chi connectivity index (χ0v) is 17.8. The normalized spacial score (nSPS) is 14.0. The molecule has 0 bridgehead atoms. The number of para-hydroxylation sites is 4. The summed E-state index contributed by atoms with van der Waals surface area (Å²) in [5.41, 5.74) is 1.04. The number of aromatic nitrogens is 3. The molecule has 0 spiro atoms. The lowest BCUT2D eigenvalue weighted by Gasteiger charge is -2.33. The van der Waals surface area contributed by atoms with Crippen LogP contribution in [0.2, 0.25) is 0 Å². The quantitative estimate of drug-likeness (QED) is 0.449. The Balaban J connectivity index is 1.46. The number of hydrogen-bond acceptors (Lipinski definition) is 7. The molecule has 2 aromatic carbocycles. The Bertz CT molecular complexity index is 1130. The summed E-state index contributed by atoms with van der Waals surface area (Å²) in [5, 5.41) is 21.4. The second kappa shape index (κ2) is 8.68. The van der Waals surface area contributed by atoms with Gasteiger partial charge < -0.3 is 19.7 Å². The van der Waals surface area contributed by atoms with Crippen molar-refractivity contribution in [2.75, 3.05) is 22.6 Å². The predicted molar refractivity (Wildman–Crippen MR) is 116 cm³/mol. The number of thioether (sulfide) groups is 1. The van der Waals surface area contributed by atoms with Gasteiger partial charge in [-0.25, -0.2) is 0 Å². The summed E-state index contributed by atoms with van der Waals surface area (Å²) in [7, 11) is 1.80. The van der Waals surface area contributed by atoms with Crippen molar-refractivity contribution >= 4 is 35.0 Å². The van der Waals surface area contributed by atoms with Crippen LogP contribution in [-0.4, -0.2) is 44.0 Å². The molecule has 1 aromatic heterocycles. The Kier molecular flexibility index (Phi) is 5.81. The van der Waals surface area contributed by atoms with E-state index >= 15 is 0 Å². The molecule has 0 fully saturated rings. The van der Waals surface area contributed by atoms with E-state index in [1.165, 1.54) is 17.8 Å². The van der Waals surface area contributed by atoms with Crippen LogP contribution in [0.25, 0.3) is 0 Å². The molecular weight excluding hydrogens is 418 g/mol. The molecule has 31 heavy (non-hydrogen) atoms. The molecule has 1 atom stereocenters. The zero-order chi connectivity index (χ0) is 22.0. The molecule has 10 heteroatoms. The zero-order valence-electron chi connectivity index (χ0n) is 17.0. The smallest absolute Gasteiger partial charge is 0.265 e. The number of nitrogens with zero attached hydrogens (tertiary/aromatic N) is 4. The largest absolute Gasteiger partial charge is 0.506 e. The summed E-state index contributed by atoms with van der Waals surface area (Å²) in [4.78, 5) is 26.5. The lowest BCUT2D eigenvalue weighted by atomic mass is 10.1. The van der Waals surface area contributed by atoms with Crippen LogP contribution in [0.5, 0.6) is 11.5 Å². The van der Waals surface area contributed by atoms with Crippen LogP contribution in [0.15, 0.2) is 53.7 Å². The van der Waals surface area contributed by atoms with Crippen LogP contribution < -0.4 is 15.0 Å². The van der Waals surface area contributed by atoms with E-state index in [1.54, 1.807) is 34.7 Å². The maximum Gasteiger partial charge on any atom is 0.265 e. The van der Waals surface area contributed by atoms with Crippen molar-refractivity contribution in [1.29, 1.82) is 0 Å². The van der Waals surface area contributed by atoms with Crippen molar-refractivity contribution in [3.8, 4) is 11.5 Å². The highest BCUT2D eigenvalue weighted by atomic mass is 32.2. The Morgan fingerprint density at radius 3 is 2.77 bits per heavy atom. The van der Waals surface area contributed by atoms with Crippen molar-refractivity contribution < 1.29 is 19.4 Å². The molecule has 0 radical (unpaired) electrons. The summed E-state index contributed by atoms with van der Waals surface area (Å²) in [6.45, 7) is 1.84. The monoisotopic (exact) mass is 439 g/mol. The van der Waals surface area contributed by atoms with Gasteiger partial charge in [0, 0.05) is 7.05 Å². The average Bonchev–Trinajstić information content (AvgIpc) is 3.14. The van der Waals surface area contributed by atoms with Gasteiger partial charge >= 0.3 is 0 Å². The minimum absolute atomic E-state index is 0.00563. The number of hydrogen-bond donors (Lipinski definition) is 2. The molecule has 4 rings (SSSR count).